The van der Waals surface area contributed by atoms with Gasteiger partial charge in [0.15, 0.2) is 0 Å². The smallest absolute Gasteiger partial charge is 0.216 e. The van der Waals surface area contributed by atoms with Crippen LogP contribution in [0.1, 0.15) is 42.2 Å². The highest BCUT2D eigenvalue weighted by Crippen LogP contribution is 2.57. The molecule has 0 saturated heterocycles. The van der Waals surface area contributed by atoms with Crippen molar-refractivity contribution in [1.82, 2.24) is 4.98 Å². The van der Waals surface area contributed by atoms with Crippen molar-refractivity contribution in [3.05, 3.63) is 21.8 Å². The molecule has 74 valence electrons. The third-order valence-corrected chi connectivity index (χ3v) is 4.15. The summed E-state index contributed by atoms with van der Waals surface area (Å²) >= 11 is 3.59. The highest BCUT2D eigenvalue weighted by molar-refractivity contribution is 9.10. The molecule has 1 heterocycles. The molecule has 2 atom stereocenters. The number of nitrogens with zero attached hydrogens (tertiary/aromatic N) is 1. The summed E-state index contributed by atoms with van der Waals surface area (Å²) in [5.74, 6) is 2.30. The Hall–Kier alpha value is -0.570. The van der Waals surface area contributed by atoms with Crippen molar-refractivity contribution in [1.29, 1.82) is 0 Å². The van der Waals surface area contributed by atoms with E-state index in [0.29, 0.717) is 5.92 Å². The van der Waals surface area contributed by atoms with Gasteiger partial charge in [0.05, 0.1) is 7.11 Å². The van der Waals surface area contributed by atoms with Gasteiger partial charge in [-0.1, -0.05) is 0 Å². The summed E-state index contributed by atoms with van der Waals surface area (Å²) in [6.07, 6.45) is 5.82. The molecule has 0 aromatic carbocycles. The van der Waals surface area contributed by atoms with Crippen LogP contribution in [0, 0.1) is 0 Å². The second-order valence-electron chi connectivity index (χ2n) is 4.15. The number of fused-ring (bicyclic) bond motifs is 5. The van der Waals surface area contributed by atoms with Gasteiger partial charge in [0.2, 0.25) is 5.88 Å². The highest BCUT2D eigenvalue weighted by Gasteiger charge is 2.40. The fourth-order valence-corrected chi connectivity index (χ4v) is 3.62. The van der Waals surface area contributed by atoms with E-state index in [9.17, 15) is 0 Å². The van der Waals surface area contributed by atoms with Gasteiger partial charge < -0.3 is 4.74 Å². The van der Waals surface area contributed by atoms with E-state index < -0.39 is 0 Å². The van der Waals surface area contributed by atoms with E-state index in [1.807, 2.05) is 6.20 Å². The molecule has 0 aliphatic heterocycles. The first-order valence-electron chi connectivity index (χ1n) is 5.03. The van der Waals surface area contributed by atoms with Crippen LogP contribution in [0.5, 0.6) is 5.88 Å². The molecular weight excluding hydrogens is 242 g/mol. The summed E-state index contributed by atoms with van der Waals surface area (Å²) < 4.78 is 6.50. The van der Waals surface area contributed by atoms with Gasteiger partial charge in [0.1, 0.15) is 0 Å². The molecule has 0 radical (unpaired) electrons. The number of aromatic nitrogens is 1. The average molecular weight is 254 g/mol. The molecule has 1 saturated carbocycles. The number of halogens is 1. The molecule has 1 fully saturated rings. The van der Waals surface area contributed by atoms with E-state index in [1.165, 1.54) is 34.9 Å². The van der Waals surface area contributed by atoms with Crippen molar-refractivity contribution in [2.75, 3.05) is 7.11 Å². The molecule has 1 aromatic heterocycles. The third kappa shape index (κ3) is 0.991. The summed E-state index contributed by atoms with van der Waals surface area (Å²) in [5, 5.41) is 0. The molecule has 14 heavy (non-hydrogen) atoms. The van der Waals surface area contributed by atoms with Crippen LogP contribution in [0.25, 0.3) is 0 Å². The van der Waals surface area contributed by atoms with Crippen molar-refractivity contribution in [2.24, 2.45) is 0 Å². The molecule has 0 spiro atoms. The molecule has 3 heteroatoms. The van der Waals surface area contributed by atoms with Gasteiger partial charge in [-0.2, -0.15) is 0 Å². The number of hydrogen-bond acceptors (Lipinski definition) is 2. The first-order valence-corrected chi connectivity index (χ1v) is 5.83. The van der Waals surface area contributed by atoms with Gasteiger partial charge in [-0.3, -0.25) is 0 Å². The van der Waals surface area contributed by atoms with Crippen LogP contribution in [-0.4, -0.2) is 12.1 Å². The molecule has 2 aliphatic carbocycles. The molecule has 2 bridgehead atoms. The molecule has 0 N–H and O–H groups in total. The monoisotopic (exact) mass is 253 g/mol. The zero-order chi connectivity index (χ0) is 9.71. The minimum absolute atomic E-state index is 0.704. The van der Waals surface area contributed by atoms with Crippen LogP contribution in [0.2, 0.25) is 0 Å². The number of rotatable bonds is 1. The lowest BCUT2D eigenvalue weighted by atomic mass is 9.93. The Morgan fingerprint density at radius 1 is 1.36 bits per heavy atom. The predicted octanol–water partition coefficient (Wildman–Crippen LogP) is 3.22. The maximum absolute atomic E-state index is 5.33. The predicted molar refractivity (Wildman–Crippen MR) is 57.8 cm³/mol. The van der Waals surface area contributed by atoms with Gasteiger partial charge in [-0.25, -0.2) is 4.98 Å². The Morgan fingerprint density at radius 3 is 2.79 bits per heavy atom. The maximum atomic E-state index is 5.33. The number of pyridine rings is 1. The molecule has 3 rings (SSSR count). The van der Waals surface area contributed by atoms with Crippen LogP contribution in [0.3, 0.4) is 0 Å². The van der Waals surface area contributed by atoms with Gasteiger partial charge in [-0.05, 0) is 52.6 Å². The molecule has 0 unspecified atom stereocenters. The summed E-state index contributed by atoms with van der Waals surface area (Å²) in [4.78, 5) is 4.32. The Kier molecular flexibility index (Phi) is 1.84. The second-order valence-corrected chi connectivity index (χ2v) is 5.00. The Balaban J connectivity index is 2.24. The van der Waals surface area contributed by atoms with Crippen LogP contribution in [-0.2, 0) is 0 Å². The fraction of sp³-hybridized carbons (Fsp3) is 0.545. The Bertz CT molecular complexity index is 391. The molecule has 2 nitrogen and oxygen atoms in total. The number of hydrogen-bond donors (Lipinski definition) is 0. The lowest BCUT2D eigenvalue weighted by Crippen LogP contribution is -2.03. The van der Waals surface area contributed by atoms with Crippen LogP contribution in [0.15, 0.2) is 10.7 Å². The maximum Gasteiger partial charge on any atom is 0.216 e. The Morgan fingerprint density at radius 2 is 2.07 bits per heavy atom. The summed E-state index contributed by atoms with van der Waals surface area (Å²) in [5.41, 5.74) is 2.84. The molecule has 0 amide bonds. The van der Waals surface area contributed by atoms with Crippen LogP contribution in [0.4, 0.5) is 0 Å². The van der Waals surface area contributed by atoms with Gasteiger partial charge >= 0.3 is 0 Å². The summed E-state index contributed by atoms with van der Waals surface area (Å²) in [6, 6.07) is 0. The number of ether oxygens (including phenoxy) is 1. The van der Waals surface area contributed by atoms with Crippen molar-refractivity contribution in [2.45, 2.75) is 31.1 Å². The summed E-state index contributed by atoms with van der Waals surface area (Å²) in [6.45, 7) is 0. The van der Waals surface area contributed by atoms with E-state index in [0.717, 1.165) is 11.8 Å². The zero-order valence-electron chi connectivity index (χ0n) is 8.09. The standard InChI is InChI=1S/C11H12BrNO/c1-14-11-10-7-3-2-6(4-7)9(10)8(12)5-13-11/h5-7H,2-4H2,1H3/t6-,7-/m0/s1. The van der Waals surface area contributed by atoms with Crippen molar-refractivity contribution in [3.8, 4) is 5.88 Å². The minimum atomic E-state index is 0.704. The normalized spacial score (nSPS) is 27.9. The topological polar surface area (TPSA) is 22.1 Å². The number of methoxy groups -OCH3 is 1. The van der Waals surface area contributed by atoms with Crippen molar-refractivity contribution >= 4 is 15.9 Å². The quantitative estimate of drug-likeness (QED) is 0.767. The lowest BCUT2D eigenvalue weighted by molar-refractivity contribution is 0.388. The van der Waals surface area contributed by atoms with Gasteiger partial charge in [0.25, 0.3) is 0 Å². The van der Waals surface area contributed by atoms with Gasteiger partial charge in [0, 0.05) is 16.2 Å². The van der Waals surface area contributed by atoms with Crippen LogP contribution < -0.4 is 4.74 Å². The van der Waals surface area contributed by atoms with Crippen molar-refractivity contribution < 1.29 is 4.74 Å². The lowest BCUT2D eigenvalue weighted by Gasteiger charge is -2.18. The first-order chi connectivity index (χ1) is 6.81. The minimum Gasteiger partial charge on any atom is -0.481 e. The average Bonchev–Trinajstić information content (AvgIpc) is 2.79. The highest BCUT2D eigenvalue weighted by atomic mass is 79.9. The largest absolute Gasteiger partial charge is 0.481 e. The molecule has 1 aromatic rings. The third-order valence-electron chi connectivity index (χ3n) is 3.52. The fourth-order valence-electron chi connectivity index (χ4n) is 2.98. The first kappa shape index (κ1) is 8.72. The van der Waals surface area contributed by atoms with Crippen LogP contribution >= 0.6 is 15.9 Å². The summed E-state index contributed by atoms with van der Waals surface area (Å²) in [7, 11) is 1.71. The second kappa shape index (κ2) is 2.96. The van der Waals surface area contributed by atoms with Gasteiger partial charge in [-0.15, -0.1) is 0 Å². The Labute approximate surface area is 91.8 Å². The van der Waals surface area contributed by atoms with E-state index in [2.05, 4.69) is 20.9 Å². The van der Waals surface area contributed by atoms with Crippen molar-refractivity contribution in [3.63, 3.8) is 0 Å². The zero-order valence-corrected chi connectivity index (χ0v) is 9.67. The molecular formula is C11H12BrNO. The SMILES string of the molecule is COc1ncc(Br)c2c1[C@H]1CC[C@H]2C1. The molecule has 2 aliphatic rings. The van der Waals surface area contributed by atoms with E-state index >= 15 is 0 Å². The van der Waals surface area contributed by atoms with E-state index in [-0.39, 0.29) is 0 Å². The van der Waals surface area contributed by atoms with E-state index in [1.54, 1.807) is 7.11 Å². The van der Waals surface area contributed by atoms with E-state index in [4.69, 9.17) is 4.74 Å².